The van der Waals surface area contributed by atoms with Gasteiger partial charge in [0.1, 0.15) is 6.04 Å². The third-order valence-electron chi connectivity index (χ3n) is 4.73. The van der Waals surface area contributed by atoms with E-state index in [9.17, 15) is 14.4 Å². The van der Waals surface area contributed by atoms with Crippen molar-refractivity contribution in [3.8, 4) is 0 Å². The number of carbonyl (C=O) groups is 3. The zero-order chi connectivity index (χ0) is 20.7. The molecule has 154 valence electrons. The largest absolute Gasteiger partial charge is 0.465 e. The number of nitrogens with one attached hydrogen (secondary N) is 2. The highest BCUT2D eigenvalue weighted by atomic mass is 16.5. The van der Waals surface area contributed by atoms with Gasteiger partial charge in [0, 0.05) is 18.8 Å². The Bertz CT molecular complexity index is 718. The van der Waals surface area contributed by atoms with Crippen LogP contribution in [-0.4, -0.2) is 55.0 Å². The van der Waals surface area contributed by atoms with Gasteiger partial charge in [-0.05, 0) is 30.4 Å². The number of ether oxygens (including phenoxy) is 1. The predicted octanol–water partition coefficient (Wildman–Crippen LogP) is 1.89. The van der Waals surface area contributed by atoms with Crippen molar-refractivity contribution in [3.05, 3.63) is 29.3 Å². The fraction of sp³-hybridized carbons (Fsp3) is 0.571. The van der Waals surface area contributed by atoms with Crippen LogP contribution in [0.1, 0.15) is 38.3 Å². The monoisotopic (exact) mass is 389 g/mol. The lowest BCUT2D eigenvalue weighted by Crippen LogP contribution is -2.57. The molecule has 1 fully saturated rings. The van der Waals surface area contributed by atoms with Gasteiger partial charge in [-0.2, -0.15) is 0 Å². The average molecular weight is 389 g/mol. The maximum atomic E-state index is 12.7. The standard InChI is InChI=1S/C21H31N3O4/c1-5-16-8-6-7-15(4)20(16)23-18(25)12-24-10-9-22-21(27)17(24)11-19(26)28-13-14(2)3/h6-8,14,17H,5,9-13H2,1-4H3,(H,22,27)(H,23,25). The maximum Gasteiger partial charge on any atom is 0.307 e. The molecule has 1 aliphatic heterocycles. The molecular weight excluding hydrogens is 358 g/mol. The summed E-state index contributed by atoms with van der Waals surface area (Å²) in [4.78, 5) is 38.8. The molecule has 1 atom stereocenters. The number of rotatable bonds is 8. The van der Waals surface area contributed by atoms with Gasteiger partial charge in [-0.25, -0.2) is 0 Å². The first-order valence-corrected chi connectivity index (χ1v) is 9.87. The molecule has 0 aliphatic carbocycles. The summed E-state index contributed by atoms with van der Waals surface area (Å²) >= 11 is 0. The van der Waals surface area contributed by atoms with Crippen molar-refractivity contribution < 1.29 is 19.1 Å². The molecule has 1 aromatic carbocycles. The Kier molecular flexibility index (Phi) is 7.99. The lowest BCUT2D eigenvalue weighted by atomic mass is 10.1. The summed E-state index contributed by atoms with van der Waals surface area (Å²) in [5.41, 5.74) is 2.89. The number of aryl methyl sites for hydroxylation is 2. The number of hydrogen-bond donors (Lipinski definition) is 2. The maximum absolute atomic E-state index is 12.7. The number of para-hydroxylation sites is 1. The van der Waals surface area contributed by atoms with Crippen molar-refractivity contribution in [2.24, 2.45) is 5.92 Å². The minimum Gasteiger partial charge on any atom is -0.465 e. The Labute approximate surface area is 166 Å². The van der Waals surface area contributed by atoms with Crippen LogP contribution in [0.15, 0.2) is 18.2 Å². The number of hydrogen-bond acceptors (Lipinski definition) is 5. The molecule has 1 unspecified atom stereocenters. The molecule has 0 aromatic heterocycles. The minimum atomic E-state index is -0.693. The number of anilines is 1. The number of amides is 2. The molecule has 2 rings (SSSR count). The van der Waals surface area contributed by atoms with Crippen LogP contribution in [0.3, 0.4) is 0 Å². The number of benzene rings is 1. The van der Waals surface area contributed by atoms with Crippen molar-refractivity contribution in [3.63, 3.8) is 0 Å². The first-order valence-electron chi connectivity index (χ1n) is 9.87. The van der Waals surface area contributed by atoms with Crippen molar-refractivity contribution in [1.82, 2.24) is 10.2 Å². The molecule has 7 nitrogen and oxygen atoms in total. The molecule has 0 spiro atoms. The summed E-state index contributed by atoms with van der Waals surface area (Å²) in [5.74, 6) is -0.633. The van der Waals surface area contributed by atoms with E-state index in [2.05, 4.69) is 10.6 Å². The molecular formula is C21H31N3O4. The van der Waals surface area contributed by atoms with Crippen molar-refractivity contribution >= 4 is 23.5 Å². The number of esters is 1. The Balaban J connectivity index is 2.02. The lowest BCUT2D eigenvalue weighted by molar-refractivity contribution is -0.149. The van der Waals surface area contributed by atoms with Crippen LogP contribution in [0.2, 0.25) is 0 Å². The van der Waals surface area contributed by atoms with Gasteiger partial charge >= 0.3 is 5.97 Å². The summed E-state index contributed by atoms with van der Waals surface area (Å²) in [7, 11) is 0. The van der Waals surface area contributed by atoms with Crippen molar-refractivity contribution in [2.75, 3.05) is 31.6 Å². The van der Waals surface area contributed by atoms with Crippen LogP contribution in [0.25, 0.3) is 0 Å². The third-order valence-corrected chi connectivity index (χ3v) is 4.73. The summed E-state index contributed by atoms with van der Waals surface area (Å²) in [6, 6.07) is 5.22. The molecule has 1 heterocycles. The summed E-state index contributed by atoms with van der Waals surface area (Å²) in [6.07, 6.45) is 0.754. The highest BCUT2D eigenvalue weighted by Gasteiger charge is 2.33. The van der Waals surface area contributed by atoms with Gasteiger partial charge < -0.3 is 15.4 Å². The average Bonchev–Trinajstić information content (AvgIpc) is 2.64. The molecule has 28 heavy (non-hydrogen) atoms. The molecule has 0 radical (unpaired) electrons. The van der Waals surface area contributed by atoms with Gasteiger partial charge in [0.25, 0.3) is 0 Å². The molecule has 1 aromatic rings. The molecule has 0 bridgehead atoms. The van der Waals surface area contributed by atoms with Gasteiger partial charge in [0.2, 0.25) is 11.8 Å². The summed E-state index contributed by atoms with van der Waals surface area (Å²) in [5, 5.41) is 5.74. The van der Waals surface area contributed by atoms with Gasteiger partial charge in [0.15, 0.2) is 0 Å². The quantitative estimate of drug-likeness (QED) is 0.663. The van der Waals surface area contributed by atoms with Gasteiger partial charge in [0.05, 0.1) is 19.6 Å². The second-order valence-electron chi connectivity index (χ2n) is 7.57. The number of piperazine rings is 1. The SMILES string of the molecule is CCc1cccc(C)c1NC(=O)CN1CCNC(=O)C1CC(=O)OCC(C)C. The molecule has 1 saturated heterocycles. The van der Waals surface area contributed by atoms with E-state index in [-0.39, 0.29) is 30.7 Å². The predicted molar refractivity (Wildman–Crippen MR) is 108 cm³/mol. The smallest absolute Gasteiger partial charge is 0.307 e. The molecule has 2 N–H and O–H groups in total. The summed E-state index contributed by atoms with van der Waals surface area (Å²) < 4.78 is 5.20. The number of carbonyl (C=O) groups excluding carboxylic acids is 3. The fourth-order valence-corrected chi connectivity index (χ4v) is 3.22. The van der Waals surface area contributed by atoms with E-state index in [1.807, 2.05) is 45.9 Å². The van der Waals surface area contributed by atoms with E-state index < -0.39 is 12.0 Å². The molecule has 1 aliphatic rings. The zero-order valence-corrected chi connectivity index (χ0v) is 17.2. The third kappa shape index (κ3) is 6.05. The Morgan fingerprint density at radius 1 is 1.36 bits per heavy atom. The zero-order valence-electron chi connectivity index (χ0n) is 17.2. The molecule has 2 amide bonds. The normalized spacial score (nSPS) is 17.3. The van der Waals surface area contributed by atoms with Crippen LogP contribution in [-0.2, 0) is 25.5 Å². The van der Waals surface area contributed by atoms with E-state index in [0.29, 0.717) is 19.7 Å². The van der Waals surface area contributed by atoms with E-state index in [0.717, 1.165) is 23.2 Å². The molecule has 0 saturated carbocycles. The second kappa shape index (κ2) is 10.2. The fourth-order valence-electron chi connectivity index (χ4n) is 3.22. The summed E-state index contributed by atoms with van der Waals surface area (Å²) in [6.45, 7) is 9.23. The van der Waals surface area contributed by atoms with Gasteiger partial charge in [-0.15, -0.1) is 0 Å². The topological polar surface area (TPSA) is 87.7 Å². The van der Waals surface area contributed by atoms with Crippen LogP contribution >= 0.6 is 0 Å². The van der Waals surface area contributed by atoms with Crippen LogP contribution < -0.4 is 10.6 Å². The van der Waals surface area contributed by atoms with Gasteiger partial charge in [-0.1, -0.05) is 39.0 Å². The van der Waals surface area contributed by atoms with Crippen LogP contribution in [0.4, 0.5) is 5.69 Å². The minimum absolute atomic E-state index is 0.0486. The molecule has 7 heteroatoms. The first-order chi connectivity index (χ1) is 13.3. The van der Waals surface area contributed by atoms with Crippen molar-refractivity contribution in [1.29, 1.82) is 0 Å². The Morgan fingerprint density at radius 3 is 2.79 bits per heavy atom. The van der Waals surface area contributed by atoms with Crippen LogP contribution in [0.5, 0.6) is 0 Å². The van der Waals surface area contributed by atoms with Crippen LogP contribution in [0, 0.1) is 12.8 Å². The Morgan fingerprint density at radius 2 is 2.11 bits per heavy atom. The number of nitrogens with zero attached hydrogens (tertiary/aromatic N) is 1. The highest BCUT2D eigenvalue weighted by Crippen LogP contribution is 2.21. The second-order valence-corrected chi connectivity index (χ2v) is 7.57. The van der Waals surface area contributed by atoms with Crippen molar-refractivity contribution in [2.45, 2.75) is 46.6 Å². The highest BCUT2D eigenvalue weighted by molar-refractivity contribution is 5.95. The van der Waals surface area contributed by atoms with Gasteiger partial charge in [-0.3, -0.25) is 19.3 Å². The van der Waals surface area contributed by atoms with E-state index in [1.165, 1.54) is 0 Å². The van der Waals surface area contributed by atoms with E-state index in [4.69, 9.17) is 4.74 Å². The lowest BCUT2D eigenvalue weighted by Gasteiger charge is -2.34. The Hall–Kier alpha value is -2.41. The van der Waals surface area contributed by atoms with E-state index >= 15 is 0 Å². The van der Waals surface area contributed by atoms with E-state index in [1.54, 1.807) is 4.90 Å². The first kappa shape index (κ1) is 21.9.